The molecule has 8 heteroatoms. The largest absolute Gasteiger partial charge is 0.486 e. The van der Waals surface area contributed by atoms with Crippen molar-refractivity contribution in [2.45, 2.75) is 51.3 Å². The van der Waals surface area contributed by atoms with Crippen LogP contribution < -0.4 is 10.1 Å². The van der Waals surface area contributed by atoms with Crippen LogP contribution >= 0.6 is 0 Å². The van der Waals surface area contributed by atoms with Crippen molar-refractivity contribution in [3.05, 3.63) is 89.5 Å². The number of carbonyl (C=O) groups excluding carboxylic acids is 1. The van der Waals surface area contributed by atoms with Crippen LogP contribution in [-0.2, 0) is 11.0 Å². The van der Waals surface area contributed by atoms with Gasteiger partial charge in [0.25, 0.3) is 5.91 Å². The number of halogens is 3. The maximum atomic E-state index is 12.9. The summed E-state index contributed by atoms with van der Waals surface area (Å²) in [6.07, 6.45) is -0.887. The van der Waals surface area contributed by atoms with E-state index < -0.39 is 17.7 Å². The number of amides is 1. The minimum Gasteiger partial charge on any atom is -0.486 e. The second-order valence-corrected chi connectivity index (χ2v) is 8.72. The molecule has 0 aliphatic carbocycles. The van der Waals surface area contributed by atoms with E-state index in [0.717, 1.165) is 48.9 Å². The molecule has 3 rings (SSSR count). The summed E-state index contributed by atoms with van der Waals surface area (Å²) in [7, 11) is 0. The van der Waals surface area contributed by atoms with Crippen molar-refractivity contribution in [1.82, 2.24) is 5.32 Å². The number of benzene rings is 3. The molecular formula is C29H30F3NO4. The number of alkyl halides is 3. The summed E-state index contributed by atoms with van der Waals surface area (Å²) in [5, 5.41) is 11.3. The lowest BCUT2D eigenvalue weighted by atomic mass is 9.98. The summed E-state index contributed by atoms with van der Waals surface area (Å²) in [5.74, 6) is -0.743. The highest BCUT2D eigenvalue weighted by Crippen LogP contribution is 2.32. The third-order valence-corrected chi connectivity index (χ3v) is 5.92. The fraction of sp³-hybridized carbons (Fsp3) is 0.310. The molecule has 0 saturated heterocycles. The summed E-state index contributed by atoms with van der Waals surface area (Å²) in [6.45, 7) is 2.17. The van der Waals surface area contributed by atoms with Gasteiger partial charge in [0.2, 0.25) is 0 Å². The highest BCUT2D eigenvalue weighted by atomic mass is 19.4. The summed E-state index contributed by atoms with van der Waals surface area (Å²) < 4.78 is 44.8. The van der Waals surface area contributed by atoms with Crippen molar-refractivity contribution >= 4 is 11.9 Å². The van der Waals surface area contributed by atoms with Crippen LogP contribution in [-0.4, -0.2) is 23.5 Å². The number of hydrogen-bond donors (Lipinski definition) is 2. The molecule has 0 saturated carbocycles. The van der Waals surface area contributed by atoms with Crippen LogP contribution in [0.1, 0.15) is 66.6 Å². The third-order valence-electron chi connectivity index (χ3n) is 5.92. The average molecular weight is 514 g/mol. The molecule has 3 aromatic carbocycles. The number of aliphatic carboxylic acids is 1. The van der Waals surface area contributed by atoms with Gasteiger partial charge in [0, 0.05) is 12.1 Å². The maximum absolute atomic E-state index is 12.9. The van der Waals surface area contributed by atoms with Gasteiger partial charge >= 0.3 is 12.1 Å². The Kier molecular flexibility index (Phi) is 9.71. The number of hydrogen-bond acceptors (Lipinski definition) is 3. The van der Waals surface area contributed by atoms with E-state index in [0.29, 0.717) is 16.9 Å². The Balaban J connectivity index is 1.70. The number of carbonyl (C=O) groups is 2. The summed E-state index contributed by atoms with van der Waals surface area (Å²) >= 11 is 0. The fourth-order valence-corrected chi connectivity index (χ4v) is 3.85. The van der Waals surface area contributed by atoms with Crippen molar-refractivity contribution in [1.29, 1.82) is 0 Å². The first-order valence-corrected chi connectivity index (χ1v) is 12.2. The highest BCUT2D eigenvalue weighted by Gasteiger charge is 2.30. The van der Waals surface area contributed by atoms with Gasteiger partial charge in [0.1, 0.15) is 11.9 Å². The second kappa shape index (κ2) is 12.9. The molecule has 196 valence electrons. The Morgan fingerprint density at radius 3 is 2.03 bits per heavy atom. The summed E-state index contributed by atoms with van der Waals surface area (Å²) in [6, 6.07) is 19.3. The second-order valence-electron chi connectivity index (χ2n) is 8.72. The minimum absolute atomic E-state index is 0.0500. The van der Waals surface area contributed by atoms with Crippen molar-refractivity contribution in [3.63, 3.8) is 0 Å². The van der Waals surface area contributed by atoms with Crippen LogP contribution in [0.3, 0.4) is 0 Å². The molecule has 1 amide bonds. The first-order chi connectivity index (χ1) is 17.7. The number of ether oxygens (including phenoxy) is 1. The minimum atomic E-state index is -4.37. The Bertz CT molecular complexity index is 1160. The van der Waals surface area contributed by atoms with Gasteiger partial charge in [0.05, 0.1) is 12.0 Å². The first-order valence-electron chi connectivity index (χ1n) is 12.2. The molecule has 1 unspecified atom stereocenters. The molecule has 5 nitrogen and oxygen atoms in total. The predicted molar refractivity (Wildman–Crippen MR) is 135 cm³/mol. The third kappa shape index (κ3) is 8.37. The molecule has 0 bridgehead atoms. The fourth-order valence-electron chi connectivity index (χ4n) is 3.85. The van der Waals surface area contributed by atoms with E-state index in [2.05, 4.69) is 12.2 Å². The van der Waals surface area contributed by atoms with Gasteiger partial charge in [-0.25, -0.2) is 0 Å². The van der Waals surface area contributed by atoms with Gasteiger partial charge in [0.15, 0.2) is 0 Å². The highest BCUT2D eigenvalue weighted by molar-refractivity contribution is 5.94. The van der Waals surface area contributed by atoms with Crippen LogP contribution in [0.25, 0.3) is 11.1 Å². The first kappa shape index (κ1) is 27.8. The molecular weight excluding hydrogens is 483 g/mol. The smallest absolute Gasteiger partial charge is 0.416 e. The number of nitrogens with one attached hydrogen (secondary N) is 1. The predicted octanol–water partition coefficient (Wildman–Crippen LogP) is 7.28. The Hall–Kier alpha value is -3.81. The van der Waals surface area contributed by atoms with Crippen molar-refractivity contribution in [3.8, 4) is 16.9 Å². The SMILES string of the molecule is CCCCCC(Oc1ccc(C(=O)NCCC(=O)O)cc1)c1ccc(-c2ccc(C(F)(F)F)cc2)cc1. The number of unbranched alkanes of at least 4 members (excludes halogenated alkanes) is 2. The van der Waals surface area contributed by atoms with E-state index in [1.165, 1.54) is 12.1 Å². The van der Waals surface area contributed by atoms with Gasteiger partial charge in [-0.3, -0.25) is 9.59 Å². The number of carboxylic acid groups (broad SMARTS) is 1. The Morgan fingerprint density at radius 1 is 0.892 bits per heavy atom. The van der Waals surface area contributed by atoms with Crippen LogP contribution in [0.2, 0.25) is 0 Å². The van der Waals surface area contributed by atoms with Gasteiger partial charge in [-0.05, 0) is 65.9 Å². The zero-order valence-electron chi connectivity index (χ0n) is 20.6. The van der Waals surface area contributed by atoms with Crippen LogP contribution in [0.5, 0.6) is 5.75 Å². The van der Waals surface area contributed by atoms with Gasteiger partial charge in [-0.2, -0.15) is 13.2 Å². The molecule has 3 aromatic rings. The van der Waals surface area contributed by atoms with Gasteiger partial charge in [-0.15, -0.1) is 0 Å². The van der Waals surface area contributed by atoms with E-state index >= 15 is 0 Å². The number of carboxylic acids is 1. The monoisotopic (exact) mass is 513 g/mol. The van der Waals surface area contributed by atoms with E-state index in [9.17, 15) is 22.8 Å². The molecule has 1 atom stereocenters. The van der Waals surface area contributed by atoms with Crippen LogP contribution in [0.15, 0.2) is 72.8 Å². The molecule has 0 aromatic heterocycles. The molecule has 0 heterocycles. The molecule has 37 heavy (non-hydrogen) atoms. The average Bonchev–Trinajstić information content (AvgIpc) is 2.88. The lowest BCUT2D eigenvalue weighted by Crippen LogP contribution is -2.25. The molecule has 0 aliphatic heterocycles. The van der Waals surface area contributed by atoms with E-state index in [1.54, 1.807) is 24.3 Å². The van der Waals surface area contributed by atoms with Crippen LogP contribution in [0.4, 0.5) is 13.2 Å². The normalized spacial score (nSPS) is 12.1. The van der Waals surface area contributed by atoms with Crippen molar-refractivity contribution in [2.24, 2.45) is 0 Å². The number of rotatable bonds is 12. The molecule has 0 aliphatic rings. The lowest BCUT2D eigenvalue weighted by Gasteiger charge is -2.20. The summed E-state index contributed by atoms with van der Waals surface area (Å²) in [4.78, 5) is 22.8. The Labute approximate surface area is 214 Å². The molecule has 0 radical (unpaired) electrons. The van der Waals surface area contributed by atoms with Gasteiger partial charge in [-0.1, -0.05) is 56.2 Å². The topological polar surface area (TPSA) is 75.6 Å². The zero-order valence-corrected chi connectivity index (χ0v) is 20.6. The van der Waals surface area contributed by atoms with E-state index in [1.807, 2.05) is 24.3 Å². The Morgan fingerprint density at radius 2 is 1.49 bits per heavy atom. The molecule has 0 fully saturated rings. The zero-order chi connectivity index (χ0) is 26.8. The van der Waals surface area contributed by atoms with Crippen molar-refractivity contribution < 1.29 is 32.6 Å². The van der Waals surface area contributed by atoms with E-state index in [4.69, 9.17) is 9.84 Å². The maximum Gasteiger partial charge on any atom is 0.416 e. The van der Waals surface area contributed by atoms with Gasteiger partial charge < -0.3 is 15.2 Å². The lowest BCUT2D eigenvalue weighted by molar-refractivity contribution is -0.138. The molecule has 0 spiro atoms. The van der Waals surface area contributed by atoms with Crippen LogP contribution in [0, 0.1) is 0 Å². The quantitative estimate of drug-likeness (QED) is 0.250. The standard InChI is InChI=1S/C29H30F3NO4/c1-2-3-4-5-26(37-25-16-12-23(13-17-25)28(36)33-19-18-27(34)35)22-8-6-20(7-9-22)21-10-14-24(15-11-21)29(30,31)32/h6-17,26H,2-5,18-19H2,1H3,(H,33,36)(H,34,35). The van der Waals surface area contributed by atoms with Crippen molar-refractivity contribution in [2.75, 3.05) is 6.54 Å². The summed E-state index contributed by atoms with van der Waals surface area (Å²) in [5.41, 5.74) is 2.17. The molecule has 2 N–H and O–H groups in total. The van der Waals surface area contributed by atoms with E-state index in [-0.39, 0.29) is 25.0 Å².